The number of aromatic nitrogens is 2. The minimum Gasteiger partial charge on any atom is -0.479 e. The Balaban J connectivity index is 1.45. The van der Waals surface area contributed by atoms with E-state index in [1.807, 2.05) is 66.9 Å². The van der Waals surface area contributed by atoms with Crippen molar-refractivity contribution in [3.63, 3.8) is 0 Å². The van der Waals surface area contributed by atoms with E-state index in [0.717, 1.165) is 28.5 Å². The van der Waals surface area contributed by atoms with Gasteiger partial charge in [-0.2, -0.15) is 0 Å². The Labute approximate surface area is 134 Å². The minimum atomic E-state index is -0.122. The molecule has 3 aromatic rings. The molecule has 4 heteroatoms. The molecule has 2 heterocycles. The van der Waals surface area contributed by atoms with Gasteiger partial charge in [0, 0.05) is 11.3 Å². The summed E-state index contributed by atoms with van der Waals surface area (Å²) in [6.45, 7) is 0.650. The van der Waals surface area contributed by atoms with Gasteiger partial charge in [-0.3, -0.25) is 0 Å². The van der Waals surface area contributed by atoms with Crippen LogP contribution in [0, 0.1) is 0 Å². The molecule has 0 saturated carbocycles. The molecule has 0 saturated heterocycles. The Hall–Kier alpha value is -3.01. The van der Waals surface area contributed by atoms with Gasteiger partial charge >= 0.3 is 0 Å². The second kappa shape index (κ2) is 6.01. The van der Waals surface area contributed by atoms with E-state index in [-0.39, 0.29) is 6.10 Å². The molecule has 0 aliphatic carbocycles. The predicted molar refractivity (Wildman–Crippen MR) is 91.2 cm³/mol. The van der Waals surface area contributed by atoms with Crippen LogP contribution in [0.2, 0.25) is 0 Å². The number of aromatic amines is 1. The lowest BCUT2D eigenvalue weighted by Crippen LogP contribution is -2.09. The highest BCUT2D eigenvalue weighted by atomic mass is 16.5. The maximum atomic E-state index is 6.02. The Kier molecular flexibility index (Phi) is 3.56. The molecule has 0 fully saturated rings. The first-order valence-electron chi connectivity index (χ1n) is 7.65. The third kappa shape index (κ3) is 2.97. The van der Waals surface area contributed by atoms with E-state index in [4.69, 9.17) is 4.74 Å². The smallest absolute Gasteiger partial charge is 0.158 e. The molecule has 1 aromatic heterocycles. The molecule has 0 spiro atoms. The van der Waals surface area contributed by atoms with E-state index in [1.165, 1.54) is 0 Å². The lowest BCUT2D eigenvalue weighted by atomic mass is 10.1. The van der Waals surface area contributed by atoms with E-state index < -0.39 is 0 Å². The van der Waals surface area contributed by atoms with Crippen LogP contribution < -0.4 is 10.1 Å². The van der Waals surface area contributed by atoms with Gasteiger partial charge in [0.25, 0.3) is 0 Å². The second-order valence-electron chi connectivity index (χ2n) is 5.44. The maximum Gasteiger partial charge on any atom is 0.158 e. The zero-order valence-electron chi connectivity index (χ0n) is 12.6. The largest absolute Gasteiger partial charge is 0.479 e. The summed E-state index contributed by atoms with van der Waals surface area (Å²) in [5.74, 6) is 1.79. The monoisotopic (exact) mass is 303 g/mol. The summed E-state index contributed by atoms with van der Waals surface area (Å²) in [5, 5.41) is 3.34. The second-order valence-corrected chi connectivity index (χ2v) is 5.44. The third-order valence-corrected chi connectivity index (χ3v) is 3.81. The maximum absolute atomic E-state index is 6.02. The molecule has 1 aliphatic heterocycles. The molecular formula is C19H17N3O. The van der Waals surface area contributed by atoms with Crippen molar-refractivity contribution < 1.29 is 4.74 Å². The Bertz CT molecular complexity index is 823. The highest BCUT2D eigenvalue weighted by Crippen LogP contribution is 2.31. The van der Waals surface area contributed by atoms with Crippen molar-refractivity contribution in [1.82, 2.24) is 9.97 Å². The van der Waals surface area contributed by atoms with Gasteiger partial charge in [-0.15, -0.1) is 0 Å². The zero-order chi connectivity index (χ0) is 15.5. The van der Waals surface area contributed by atoms with E-state index in [2.05, 4.69) is 21.4 Å². The van der Waals surface area contributed by atoms with Crippen molar-refractivity contribution in [1.29, 1.82) is 0 Å². The number of nitrogens with zero attached hydrogens (tertiary/aromatic N) is 1. The molecule has 4 rings (SSSR count). The average molecular weight is 303 g/mol. The normalized spacial score (nSPS) is 15.7. The molecule has 0 bridgehead atoms. The number of imidazole rings is 1. The fourth-order valence-corrected chi connectivity index (χ4v) is 2.61. The summed E-state index contributed by atoms with van der Waals surface area (Å²) in [5.41, 5.74) is 3.14. The van der Waals surface area contributed by atoms with E-state index in [9.17, 15) is 0 Å². The summed E-state index contributed by atoms with van der Waals surface area (Å²) in [7, 11) is 0. The van der Waals surface area contributed by atoms with Gasteiger partial charge in [0.05, 0.1) is 18.4 Å². The first-order chi connectivity index (χ1) is 11.4. The number of nitrogens with one attached hydrogen (secondary N) is 2. The third-order valence-electron chi connectivity index (χ3n) is 3.81. The lowest BCUT2D eigenvalue weighted by molar-refractivity contribution is 0.247. The first kappa shape index (κ1) is 13.6. The van der Waals surface area contributed by atoms with Crippen molar-refractivity contribution >= 4 is 11.8 Å². The minimum absolute atomic E-state index is 0.122. The molecule has 4 nitrogen and oxygen atoms in total. The van der Waals surface area contributed by atoms with Crippen LogP contribution in [0.5, 0.6) is 5.75 Å². The van der Waals surface area contributed by atoms with Crippen LogP contribution in [0.3, 0.4) is 0 Å². The quantitative estimate of drug-likeness (QED) is 0.760. The molecule has 1 atom stereocenters. The van der Waals surface area contributed by atoms with Crippen LogP contribution in [-0.2, 0) is 6.54 Å². The molecule has 1 unspecified atom stereocenters. The number of hydrogen-bond acceptors (Lipinski definition) is 3. The van der Waals surface area contributed by atoms with Crippen LogP contribution in [0.25, 0.3) is 6.08 Å². The van der Waals surface area contributed by atoms with Crippen molar-refractivity contribution in [2.45, 2.75) is 12.6 Å². The van der Waals surface area contributed by atoms with Gasteiger partial charge in [0.2, 0.25) is 0 Å². The van der Waals surface area contributed by atoms with Crippen molar-refractivity contribution in [3.8, 4) is 5.75 Å². The lowest BCUT2D eigenvalue weighted by Gasteiger charge is -2.20. The van der Waals surface area contributed by atoms with Crippen LogP contribution in [0.1, 0.15) is 23.2 Å². The number of rotatable bonds is 4. The van der Waals surface area contributed by atoms with Gasteiger partial charge < -0.3 is 15.0 Å². The Morgan fingerprint density at radius 3 is 2.78 bits per heavy atom. The summed E-state index contributed by atoms with van der Waals surface area (Å²) in [4.78, 5) is 7.76. The highest BCUT2D eigenvalue weighted by Gasteiger charge is 2.18. The Morgan fingerprint density at radius 2 is 1.87 bits per heavy atom. The van der Waals surface area contributed by atoms with Crippen molar-refractivity contribution in [2.24, 2.45) is 0 Å². The van der Waals surface area contributed by atoms with Gasteiger partial charge in [0.15, 0.2) is 6.10 Å². The number of hydrogen-bond donors (Lipinski definition) is 2. The number of para-hydroxylation sites is 2. The molecule has 114 valence electrons. The zero-order valence-corrected chi connectivity index (χ0v) is 12.6. The Morgan fingerprint density at radius 1 is 1.04 bits per heavy atom. The van der Waals surface area contributed by atoms with Crippen LogP contribution in [0.4, 0.5) is 5.69 Å². The van der Waals surface area contributed by atoms with Gasteiger partial charge in [-0.25, -0.2) is 4.98 Å². The number of anilines is 1. The molecule has 23 heavy (non-hydrogen) atoms. The van der Waals surface area contributed by atoms with E-state index >= 15 is 0 Å². The standard InChI is InChI=1S/C19H17N3O/c1-2-7-15(8-3-1)20-13-19-21-12-16(22-19)18-11-10-14-6-4-5-9-17(14)23-18/h1-12,18,20H,13H2,(H,21,22). The van der Waals surface area contributed by atoms with Crippen LogP contribution >= 0.6 is 0 Å². The van der Waals surface area contributed by atoms with E-state index in [0.29, 0.717) is 6.54 Å². The first-order valence-corrected chi connectivity index (χ1v) is 7.65. The topological polar surface area (TPSA) is 49.9 Å². The molecule has 2 N–H and O–H groups in total. The molecule has 2 aromatic carbocycles. The summed E-state index contributed by atoms with van der Waals surface area (Å²) in [6, 6.07) is 18.1. The van der Waals surface area contributed by atoms with E-state index in [1.54, 1.807) is 0 Å². The van der Waals surface area contributed by atoms with Crippen molar-refractivity contribution in [3.05, 3.63) is 84.0 Å². The number of fused-ring (bicyclic) bond motifs is 1. The van der Waals surface area contributed by atoms with Crippen LogP contribution in [-0.4, -0.2) is 9.97 Å². The summed E-state index contributed by atoms with van der Waals surface area (Å²) >= 11 is 0. The number of benzene rings is 2. The molecule has 1 aliphatic rings. The van der Waals surface area contributed by atoms with Crippen molar-refractivity contribution in [2.75, 3.05) is 5.32 Å². The summed E-state index contributed by atoms with van der Waals surface area (Å²) < 4.78 is 6.02. The van der Waals surface area contributed by atoms with Gasteiger partial charge in [-0.1, -0.05) is 42.5 Å². The fraction of sp³-hybridized carbons (Fsp3) is 0.105. The van der Waals surface area contributed by atoms with Gasteiger partial charge in [0.1, 0.15) is 11.6 Å². The van der Waals surface area contributed by atoms with Crippen LogP contribution in [0.15, 0.2) is 66.9 Å². The van der Waals surface area contributed by atoms with Gasteiger partial charge in [-0.05, 0) is 24.3 Å². The molecule has 0 radical (unpaired) electrons. The highest BCUT2D eigenvalue weighted by molar-refractivity contribution is 5.60. The molecular weight excluding hydrogens is 286 g/mol. The fourth-order valence-electron chi connectivity index (χ4n) is 2.61. The number of ether oxygens (including phenoxy) is 1. The average Bonchev–Trinajstić information content (AvgIpc) is 3.09. The number of H-pyrrole nitrogens is 1. The predicted octanol–water partition coefficient (Wildman–Crippen LogP) is 4.17. The SMILES string of the molecule is C1=CC(c2cnc(CNc3ccccc3)[nH]2)Oc2ccccc21. The molecule has 0 amide bonds. The summed E-state index contributed by atoms with van der Waals surface area (Å²) in [6.07, 6.45) is 5.85.